The smallest absolute Gasteiger partial charge is 0.142 e. The van der Waals surface area contributed by atoms with E-state index in [1.807, 2.05) is 18.2 Å². The van der Waals surface area contributed by atoms with Gasteiger partial charge in [0.25, 0.3) is 0 Å². The van der Waals surface area contributed by atoms with Gasteiger partial charge in [-0.1, -0.05) is 6.07 Å². The summed E-state index contributed by atoms with van der Waals surface area (Å²) < 4.78 is 0. The summed E-state index contributed by atoms with van der Waals surface area (Å²) >= 11 is 0. The van der Waals surface area contributed by atoms with Crippen LogP contribution >= 0.6 is 0 Å². The maximum Gasteiger partial charge on any atom is 0.142 e. The van der Waals surface area contributed by atoms with Crippen molar-refractivity contribution in [3.05, 3.63) is 18.2 Å². The Morgan fingerprint density at radius 2 is 2.25 bits per heavy atom. The lowest BCUT2D eigenvalue weighted by molar-refractivity contribution is 0.637. The molecule has 0 saturated heterocycles. The van der Waals surface area contributed by atoms with E-state index < -0.39 is 0 Å². The maximum atomic E-state index is 5.38. The molecule has 1 heterocycles. The lowest BCUT2D eigenvalue weighted by Crippen LogP contribution is -2.33. The third-order valence-electron chi connectivity index (χ3n) is 2.95. The van der Waals surface area contributed by atoms with Crippen molar-refractivity contribution >= 4 is 11.6 Å². The molecule has 3 N–H and O–H groups in total. The lowest BCUT2D eigenvalue weighted by atomic mass is 10.2. The Kier molecular flexibility index (Phi) is 3.29. The van der Waals surface area contributed by atoms with Crippen LogP contribution in [0.15, 0.2) is 18.2 Å². The van der Waals surface area contributed by atoms with Gasteiger partial charge in [-0.05, 0) is 44.7 Å². The molecule has 4 nitrogen and oxygen atoms in total. The van der Waals surface area contributed by atoms with Crippen LogP contribution in [0.25, 0.3) is 0 Å². The van der Waals surface area contributed by atoms with Crippen molar-refractivity contribution in [1.82, 2.24) is 4.98 Å². The Hall–Kier alpha value is -1.29. The van der Waals surface area contributed by atoms with Crippen molar-refractivity contribution in [2.75, 3.05) is 16.9 Å². The molecule has 0 atom stereocenters. The summed E-state index contributed by atoms with van der Waals surface area (Å²) in [5, 5.41) is 0. The number of anilines is 2. The predicted octanol–water partition coefficient (Wildman–Crippen LogP) is 1.99. The highest BCUT2D eigenvalue weighted by molar-refractivity contribution is 5.47. The van der Waals surface area contributed by atoms with Crippen molar-refractivity contribution in [3.8, 4) is 0 Å². The Morgan fingerprint density at radius 1 is 1.50 bits per heavy atom. The van der Waals surface area contributed by atoms with Gasteiger partial charge in [0.2, 0.25) is 0 Å². The van der Waals surface area contributed by atoms with E-state index in [-0.39, 0.29) is 0 Å². The highest BCUT2D eigenvalue weighted by atomic mass is 15.3. The molecule has 1 aliphatic rings. The number of nitrogen functional groups attached to an aromatic ring is 1. The Bertz CT molecular complexity index is 347. The van der Waals surface area contributed by atoms with E-state index in [4.69, 9.17) is 5.84 Å². The molecule has 0 unspecified atom stereocenters. The third-order valence-corrected chi connectivity index (χ3v) is 2.95. The first kappa shape index (κ1) is 11.2. The largest absolute Gasteiger partial charge is 0.354 e. The Labute approximate surface area is 96.8 Å². The molecule has 1 aromatic rings. The summed E-state index contributed by atoms with van der Waals surface area (Å²) in [4.78, 5) is 6.83. The quantitative estimate of drug-likeness (QED) is 0.588. The van der Waals surface area contributed by atoms with Crippen LogP contribution in [0.2, 0.25) is 0 Å². The molecule has 1 fully saturated rings. The fraction of sp³-hybridized carbons (Fsp3) is 0.583. The van der Waals surface area contributed by atoms with Crippen LogP contribution in [0.5, 0.6) is 0 Å². The van der Waals surface area contributed by atoms with Gasteiger partial charge in [0.1, 0.15) is 11.6 Å². The lowest BCUT2D eigenvalue weighted by Gasteiger charge is -2.28. The molecular weight excluding hydrogens is 200 g/mol. The first-order valence-corrected chi connectivity index (χ1v) is 5.91. The summed E-state index contributed by atoms with van der Waals surface area (Å²) in [5.74, 6) is 7.97. The van der Waals surface area contributed by atoms with Crippen LogP contribution < -0.4 is 16.2 Å². The van der Waals surface area contributed by atoms with Crippen molar-refractivity contribution in [1.29, 1.82) is 0 Å². The normalized spacial score (nSPS) is 15.2. The van der Waals surface area contributed by atoms with E-state index in [1.54, 1.807) is 0 Å². The van der Waals surface area contributed by atoms with Gasteiger partial charge in [-0.15, -0.1) is 0 Å². The topological polar surface area (TPSA) is 54.2 Å². The molecule has 0 amide bonds. The molecule has 1 aromatic heterocycles. The third kappa shape index (κ3) is 2.64. The molecule has 0 bridgehead atoms. The van der Waals surface area contributed by atoms with E-state index in [2.05, 4.69) is 29.2 Å². The highest BCUT2D eigenvalue weighted by Crippen LogP contribution is 2.31. The Morgan fingerprint density at radius 3 is 2.81 bits per heavy atom. The summed E-state index contributed by atoms with van der Waals surface area (Å²) in [5.41, 5.74) is 2.59. The van der Waals surface area contributed by atoms with E-state index in [0.717, 1.165) is 24.1 Å². The maximum absolute atomic E-state index is 5.38. The van der Waals surface area contributed by atoms with Crippen LogP contribution in [-0.4, -0.2) is 17.6 Å². The van der Waals surface area contributed by atoms with Gasteiger partial charge in [-0.25, -0.2) is 10.8 Å². The number of nitrogens with two attached hydrogens (primary N) is 1. The summed E-state index contributed by atoms with van der Waals surface area (Å²) in [6, 6.07) is 6.38. The van der Waals surface area contributed by atoms with Crippen molar-refractivity contribution in [2.24, 2.45) is 11.8 Å². The molecule has 0 aliphatic heterocycles. The zero-order chi connectivity index (χ0) is 11.5. The molecule has 0 aromatic carbocycles. The minimum atomic E-state index is 0.473. The summed E-state index contributed by atoms with van der Waals surface area (Å²) in [6.45, 7) is 5.51. The second-order valence-corrected chi connectivity index (χ2v) is 4.71. The number of pyridine rings is 1. The molecular formula is C12H20N4. The highest BCUT2D eigenvalue weighted by Gasteiger charge is 2.26. The molecule has 88 valence electrons. The van der Waals surface area contributed by atoms with Gasteiger partial charge in [0, 0.05) is 12.6 Å². The van der Waals surface area contributed by atoms with Gasteiger partial charge >= 0.3 is 0 Å². The predicted molar refractivity (Wildman–Crippen MR) is 67.3 cm³/mol. The number of hydrazine groups is 1. The summed E-state index contributed by atoms with van der Waals surface area (Å²) in [6.07, 6.45) is 2.72. The van der Waals surface area contributed by atoms with E-state index in [9.17, 15) is 0 Å². The zero-order valence-corrected chi connectivity index (χ0v) is 9.98. The SMILES string of the molecule is CC(C)N(CC1CC1)c1cccc(NN)n1. The standard InChI is InChI=1S/C12H20N4/c1-9(2)16(8-10-6-7-10)12-5-3-4-11(14-12)15-13/h3-5,9-10H,6-8,13H2,1-2H3,(H,14,15). The molecule has 2 rings (SSSR count). The summed E-state index contributed by atoms with van der Waals surface area (Å²) in [7, 11) is 0. The number of rotatable bonds is 5. The molecule has 0 radical (unpaired) electrons. The number of aromatic nitrogens is 1. The average Bonchev–Trinajstić information content (AvgIpc) is 3.09. The van der Waals surface area contributed by atoms with Crippen molar-refractivity contribution < 1.29 is 0 Å². The minimum absolute atomic E-state index is 0.473. The molecule has 1 saturated carbocycles. The van der Waals surface area contributed by atoms with Gasteiger partial charge < -0.3 is 10.3 Å². The van der Waals surface area contributed by atoms with Crippen LogP contribution in [0.1, 0.15) is 26.7 Å². The van der Waals surface area contributed by atoms with E-state index >= 15 is 0 Å². The van der Waals surface area contributed by atoms with Crippen molar-refractivity contribution in [3.63, 3.8) is 0 Å². The monoisotopic (exact) mass is 220 g/mol. The number of hydrogen-bond donors (Lipinski definition) is 2. The van der Waals surface area contributed by atoms with Gasteiger partial charge in [-0.2, -0.15) is 0 Å². The van der Waals surface area contributed by atoms with Gasteiger partial charge in [0.05, 0.1) is 0 Å². The second kappa shape index (κ2) is 4.70. The van der Waals surface area contributed by atoms with Crippen LogP contribution in [-0.2, 0) is 0 Å². The number of nitrogens with one attached hydrogen (secondary N) is 1. The van der Waals surface area contributed by atoms with Crippen LogP contribution in [0.3, 0.4) is 0 Å². The fourth-order valence-corrected chi connectivity index (χ4v) is 1.81. The van der Waals surface area contributed by atoms with Crippen molar-refractivity contribution in [2.45, 2.75) is 32.7 Å². The number of nitrogens with zero attached hydrogens (tertiary/aromatic N) is 2. The molecule has 1 aliphatic carbocycles. The average molecular weight is 220 g/mol. The van der Waals surface area contributed by atoms with Crippen LogP contribution in [0, 0.1) is 5.92 Å². The minimum Gasteiger partial charge on any atom is -0.354 e. The molecule has 0 spiro atoms. The number of hydrogen-bond acceptors (Lipinski definition) is 4. The first-order chi connectivity index (χ1) is 7.70. The molecule has 16 heavy (non-hydrogen) atoms. The molecule has 4 heteroatoms. The van der Waals surface area contributed by atoms with E-state index in [0.29, 0.717) is 6.04 Å². The zero-order valence-electron chi connectivity index (χ0n) is 9.98. The first-order valence-electron chi connectivity index (χ1n) is 5.91. The van der Waals surface area contributed by atoms with Gasteiger partial charge in [0.15, 0.2) is 0 Å². The van der Waals surface area contributed by atoms with E-state index in [1.165, 1.54) is 12.8 Å². The fourth-order valence-electron chi connectivity index (χ4n) is 1.81. The van der Waals surface area contributed by atoms with Gasteiger partial charge in [-0.3, -0.25) is 0 Å². The van der Waals surface area contributed by atoms with Crippen LogP contribution in [0.4, 0.5) is 11.6 Å². The Balaban J connectivity index is 2.15. The second-order valence-electron chi connectivity index (χ2n) is 4.71.